The molecule has 18 heavy (non-hydrogen) atoms. The molecule has 6 nitrogen and oxygen atoms in total. The van der Waals surface area contributed by atoms with Crippen LogP contribution in [0.4, 0.5) is 0 Å². The van der Waals surface area contributed by atoms with E-state index in [2.05, 4.69) is 5.16 Å². The van der Waals surface area contributed by atoms with Crippen molar-refractivity contribution in [3.05, 3.63) is 17.5 Å². The van der Waals surface area contributed by atoms with Crippen molar-refractivity contribution in [1.29, 1.82) is 0 Å². The Kier molecular flexibility index (Phi) is 2.15. The second-order valence-corrected chi connectivity index (χ2v) is 5.41. The van der Waals surface area contributed by atoms with Crippen LogP contribution in [-0.2, 0) is 32.0 Å². The van der Waals surface area contributed by atoms with Gasteiger partial charge in [0.25, 0.3) is 0 Å². The van der Waals surface area contributed by atoms with Crippen molar-refractivity contribution >= 4 is 0 Å². The van der Waals surface area contributed by atoms with Crippen LogP contribution in [0, 0.1) is 0 Å². The summed E-state index contributed by atoms with van der Waals surface area (Å²) in [6.07, 6.45) is 1.61. The molecule has 3 aliphatic rings. The second-order valence-electron chi connectivity index (χ2n) is 5.41. The quantitative estimate of drug-likeness (QED) is 0.687. The second kappa shape index (κ2) is 3.54. The van der Waals surface area contributed by atoms with Crippen LogP contribution < -0.4 is 0 Å². The molecule has 98 valence electrons. The minimum Gasteiger partial charge on any atom is -0.368 e. The number of hydrogen-bond donors (Lipinski definition) is 0. The smallest absolute Gasteiger partial charge is 0.190 e. The Hall–Kier alpha value is -0.950. The Bertz CT molecular complexity index is 471. The SMILES string of the molecule is CC1(C)O[C@H]2O[C@@H]3Cc4nocc4CO[C@@H]3[C@H]2O1. The fraction of sp³-hybridized carbons (Fsp3) is 0.750. The van der Waals surface area contributed by atoms with Crippen molar-refractivity contribution in [2.24, 2.45) is 0 Å². The highest BCUT2D eigenvalue weighted by atomic mass is 16.8. The van der Waals surface area contributed by atoms with E-state index in [-0.39, 0.29) is 24.6 Å². The molecule has 2 fully saturated rings. The number of hydrogen-bond acceptors (Lipinski definition) is 6. The molecule has 0 spiro atoms. The highest BCUT2D eigenvalue weighted by Crippen LogP contribution is 2.41. The van der Waals surface area contributed by atoms with Crippen LogP contribution in [0.1, 0.15) is 25.1 Å². The zero-order valence-corrected chi connectivity index (χ0v) is 10.3. The number of fused-ring (bicyclic) bond motifs is 4. The van der Waals surface area contributed by atoms with Crippen molar-refractivity contribution in [1.82, 2.24) is 5.16 Å². The van der Waals surface area contributed by atoms with Crippen LogP contribution in [0.2, 0.25) is 0 Å². The average molecular weight is 253 g/mol. The number of ether oxygens (including phenoxy) is 4. The van der Waals surface area contributed by atoms with Gasteiger partial charge < -0.3 is 23.5 Å². The highest BCUT2D eigenvalue weighted by molar-refractivity contribution is 5.17. The fourth-order valence-corrected chi connectivity index (χ4v) is 2.86. The van der Waals surface area contributed by atoms with E-state index in [1.165, 1.54) is 0 Å². The molecule has 4 heterocycles. The van der Waals surface area contributed by atoms with Gasteiger partial charge in [0.15, 0.2) is 12.1 Å². The van der Waals surface area contributed by atoms with Gasteiger partial charge in [0.1, 0.15) is 18.5 Å². The van der Waals surface area contributed by atoms with Gasteiger partial charge in [-0.25, -0.2) is 0 Å². The Morgan fingerprint density at radius 3 is 3.06 bits per heavy atom. The Labute approximate surface area is 104 Å². The highest BCUT2D eigenvalue weighted by Gasteiger charge is 2.56. The van der Waals surface area contributed by atoms with E-state index in [0.717, 1.165) is 11.3 Å². The zero-order chi connectivity index (χ0) is 12.3. The minimum absolute atomic E-state index is 0.0811. The van der Waals surface area contributed by atoms with Gasteiger partial charge in [0.2, 0.25) is 0 Å². The first kappa shape index (κ1) is 10.9. The zero-order valence-electron chi connectivity index (χ0n) is 10.3. The lowest BCUT2D eigenvalue weighted by molar-refractivity contribution is -0.217. The molecule has 1 aromatic heterocycles. The summed E-state index contributed by atoms with van der Waals surface area (Å²) in [4.78, 5) is 0. The Morgan fingerprint density at radius 1 is 1.28 bits per heavy atom. The maximum Gasteiger partial charge on any atom is 0.190 e. The normalized spacial score (nSPS) is 41.0. The molecule has 0 aliphatic carbocycles. The average Bonchev–Trinajstić information content (AvgIpc) is 2.88. The topological polar surface area (TPSA) is 63.0 Å². The monoisotopic (exact) mass is 253 g/mol. The van der Waals surface area contributed by atoms with Crippen LogP contribution in [0.15, 0.2) is 10.8 Å². The Balaban J connectivity index is 1.60. The molecule has 1 aromatic rings. The fourth-order valence-electron chi connectivity index (χ4n) is 2.86. The third kappa shape index (κ3) is 1.53. The van der Waals surface area contributed by atoms with Gasteiger partial charge in [0.05, 0.1) is 18.4 Å². The lowest BCUT2D eigenvalue weighted by atomic mass is 10.1. The molecule has 0 radical (unpaired) electrons. The Morgan fingerprint density at radius 2 is 2.17 bits per heavy atom. The van der Waals surface area contributed by atoms with E-state index in [1.54, 1.807) is 6.26 Å². The molecule has 0 unspecified atom stereocenters. The predicted octanol–water partition coefficient (Wildman–Crippen LogP) is 0.992. The van der Waals surface area contributed by atoms with Gasteiger partial charge >= 0.3 is 0 Å². The van der Waals surface area contributed by atoms with Crippen molar-refractivity contribution in [3.8, 4) is 0 Å². The van der Waals surface area contributed by atoms with Crippen LogP contribution >= 0.6 is 0 Å². The molecule has 2 saturated heterocycles. The molecule has 0 aromatic carbocycles. The summed E-state index contributed by atoms with van der Waals surface area (Å²) in [5.74, 6) is -0.605. The van der Waals surface area contributed by atoms with Gasteiger partial charge in [-0.05, 0) is 13.8 Å². The lowest BCUT2D eigenvalue weighted by Gasteiger charge is -2.24. The van der Waals surface area contributed by atoms with E-state index in [9.17, 15) is 0 Å². The van der Waals surface area contributed by atoms with Gasteiger partial charge in [-0.15, -0.1) is 0 Å². The molecule has 4 rings (SSSR count). The third-order valence-corrected chi connectivity index (χ3v) is 3.64. The van der Waals surface area contributed by atoms with Gasteiger partial charge in [0, 0.05) is 12.0 Å². The van der Waals surface area contributed by atoms with Crippen molar-refractivity contribution in [2.45, 2.75) is 57.3 Å². The van der Waals surface area contributed by atoms with E-state index >= 15 is 0 Å². The number of rotatable bonds is 0. The molecule has 0 amide bonds. The molecule has 6 heteroatoms. The van der Waals surface area contributed by atoms with E-state index in [0.29, 0.717) is 13.0 Å². The number of aromatic nitrogens is 1. The van der Waals surface area contributed by atoms with Gasteiger partial charge in [-0.1, -0.05) is 5.16 Å². The first-order valence-corrected chi connectivity index (χ1v) is 6.17. The van der Waals surface area contributed by atoms with Gasteiger partial charge in [-0.3, -0.25) is 0 Å². The maximum atomic E-state index is 5.89. The summed E-state index contributed by atoms with van der Waals surface area (Å²) < 4.78 is 28.3. The summed E-state index contributed by atoms with van der Waals surface area (Å²) in [6, 6.07) is 0. The molecular weight excluding hydrogens is 238 g/mol. The molecule has 4 atom stereocenters. The van der Waals surface area contributed by atoms with Crippen LogP contribution in [0.25, 0.3) is 0 Å². The summed E-state index contributed by atoms with van der Waals surface area (Å²) in [5.41, 5.74) is 1.89. The van der Waals surface area contributed by atoms with Crippen LogP contribution in [0.5, 0.6) is 0 Å². The van der Waals surface area contributed by atoms with E-state index in [4.69, 9.17) is 23.5 Å². The summed E-state index contributed by atoms with van der Waals surface area (Å²) in [7, 11) is 0. The van der Waals surface area contributed by atoms with E-state index < -0.39 is 5.79 Å². The van der Waals surface area contributed by atoms with Gasteiger partial charge in [-0.2, -0.15) is 0 Å². The van der Waals surface area contributed by atoms with Crippen LogP contribution in [0.3, 0.4) is 0 Å². The summed E-state index contributed by atoms with van der Waals surface area (Å²) in [6.45, 7) is 4.25. The summed E-state index contributed by atoms with van der Waals surface area (Å²) in [5, 5.41) is 3.98. The molecule has 0 bridgehead atoms. The molecule has 0 saturated carbocycles. The third-order valence-electron chi connectivity index (χ3n) is 3.64. The minimum atomic E-state index is -0.605. The number of nitrogens with zero attached hydrogens (tertiary/aromatic N) is 1. The van der Waals surface area contributed by atoms with Crippen LogP contribution in [-0.4, -0.2) is 35.5 Å². The summed E-state index contributed by atoms with van der Waals surface area (Å²) >= 11 is 0. The first-order chi connectivity index (χ1) is 8.62. The van der Waals surface area contributed by atoms with E-state index in [1.807, 2.05) is 13.8 Å². The largest absolute Gasteiger partial charge is 0.368 e. The lowest BCUT2D eigenvalue weighted by Crippen LogP contribution is -2.36. The standard InChI is InChI=1S/C12H15NO5/c1-12(2)17-10-9-8(16-11(10)18-12)3-7-6(4-14-9)5-15-13-7/h5,8-11H,3-4H2,1-2H3/t8-,9+,10-,11-/m1/s1. The van der Waals surface area contributed by atoms with Crippen molar-refractivity contribution in [2.75, 3.05) is 0 Å². The molecule has 0 N–H and O–H groups in total. The molecular formula is C12H15NO5. The van der Waals surface area contributed by atoms with Crippen molar-refractivity contribution < 1.29 is 23.5 Å². The predicted molar refractivity (Wildman–Crippen MR) is 57.5 cm³/mol. The molecule has 3 aliphatic heterocycles. The maximum absolute atomic E-state index is 5.89. The van der Waals surface area contributed by atoms with Crippen molar-refractivity contribution in [3.63, 3.8) is 0 Å². The first-order valence-electron chi connectivity index (χ1n) is 6.17.